The van der Waals surface area contributed by atoms with E-state index in [1.165, 1.54) is 12.0 Å². The fourth-order valence-electron chi connectivity index (χ4n) is 3.74. The van der Waals surface area contributed by atoms with Gasteiger partial charge in [0.05, 0.1) is 25.3 Å². The summed E-state index contributed by atoms with van der Waals surface area (Å²) in [5, 5.41) is 11.1. The van der Waals surface area contributed by atoms with Gasteiger partial charge in [-0.15, -0.1) is 0 Å². The first kappa shape index (κ1) is 22.4. The van der Waals surface area contributed by atoms with E-state index in [9.17, 15) is 14.7 Å². The van der Waals surface area contributed by atoms with E-state index in [4.69, 9.17) is 14.2 Å². The Balaban J connectivity index is 2.11. The van der Waals surface area contributed by atoms with Gasteiger partial charge in [0.1, 0.15) is 17.3 Å². The Morgan fingerprint density at radius 3 is 2.42 bits per heavy atom. The van der Waals surface area contributed by atoms with E-state index in [1.54, 1.807) is 43.5 Å². The maximum absolute atomic E-state index is 13.0. The lowest BCUT2D eigenvalue weighted by Crippen LogP contribution is -2.31. The molecule has 7 nitrogen and oxygen atoms in total. The van der Waals surface area contributed by atoms with E-state index in [2.05, 4.69) is 0 Å². The van der Waals surface area contributed by atoms with Crippen molar-refractivity contribution in [2.45, 2.75) is 19.4 Å². The molecule has 1 unspecified atom stereocenters. The molecule has 7 heteroatoms. The van der Waals surface area contributed by atoms with Crippen LogP contribution in [-0.4, -0.2) is 55.7 Å². The van der Waals surface area contributed by atoms with Crippen molar-refractivity contribution in [3.8, 4) is 11.5 Å². The Kier molecular flexibility index (Phi) is 7.31. The molecule has 1 aliphatic heterocycles. The minimum absolute atomic E-state index is 0.0380. The highest BCUT2D eigenvalue weighted by atomic mass is 16.5. The van der Waals surface area contributed by atoms with Gasteiger partial charge in [-0.05, 0) is 43.7 Å². The minimum atomic E-state index is -0.764. The summed E-state index contributed by atoms with van der Waals surface area (Å²) in [7, 11) is 3.11. The van der Waals surface area contributed by atoms with Crippen LogP contribution in [0.15, 0.2) is 54.1 Å². The molecule has 2 aromatic carbocycles. The summed E-state index contributed by atoms with van der Waals surface area (Å²) in [6, 6.07) is 13.2. The molecule has 31 heavy (non-hydrogen) atoms. The molecule has 1 N–H and O–H groups in total. The molecule has 0 saturated carbocycles. The van der Waals surface area contributed by atoms with Gasteiger partial charge < -0.3 is 24.2 Å². The number of hydrogen-bond donors (Lipinski definition) is 1. The summed E-state index contributed by atoms with van der Waals surface area (Å²) in [5.41, 5.74) is 1.10. The number of likely N-dealkylation sites (tertiary alicyclic amines) is 1. The summed E-state index contributed by atoms with van der Waals surface area (Å²) in [5.74, 6) is -0.421. The number of ketones is 1. The fraction of sp³-hybridized carbons (Fsp3) is 0.333. The SMILES string of the molecule is CCOc1ccc(/C(O)=C2\C(=O)C(=O)N(CCCOC)C2c2ccccc2OC)cc1. The zero-order chi connectivity index (χ0) is 22.4. The van der Waals surface area contributed by atoms with Gasteiger partial charge in [0.2, 0.25) is 0 Å². The summed E-state index contributed by atoms with van der Waals surface area (Å²) < 4.78 is 16.0. The molecule has 0 aliphatic carbocycles. The number of Topliss-reactive ketones (excluding diaryl/α,β-unsaturated/α-hetero) is 1. The number of ether oxygens (including phenoxy) is 3. The van der Waals surface area contributed by atoms with Crippen molar-refractivity contribution in [1.29, 1.82) is 0 Å². The molecule has 0 spiro atoms. The van der Waals surface area contributed by atoms with E-state index in [-0.39, 0.29) is 11.3 Å². The monoisotopic (exact) mass is 425 g/mol. The Bertz CT molecular complexity index is 966. The molecule has 0 radical (unpaired) electrons. The lowest BCUT2D eigenvalue weighted by molar-refractivity contribution is -0.140. The lowest BCUT2D eigenvalue weighted by Gasteiger charge is -2.26. The predicted octanol–water partition coefficient (Wildman–Crippen LogP) is 3.55. The maximum Gasteiger partial charge on any atom is 0.295 e. The zero-order valence-corrected chi connectivity index (χ0v) is 18.0. The quantitative estimate of drug-likeness (QED) is 0.286. The molecule has 1 fully saturated rings. The Labute approximate surface area is 181 Å². The minimum Gasteiger partial charge on any atom is -0.507 e. The molecule has 1 amide bonds. The number of rotatable bonds is 9. The number of aliphatic hydroxyl groups is 1. The molecule has 1 saturated heterocycles. The number of para-hydroxylation sites is 1. The van der Waals surface area contributed by atoms with Gasteiger partial charge in [0, 0.05) is 31.4 Å². The number of carbonyl (C=O) groups excluding carboxylic acids is 2. The highest BCUT2D eigenvalue weighted by Crippen LogP contribution is 2.42. The Morgan fingerprint density at radius 2 is 1.77 bits per heavy atom. The zero-order valence-electron chi connectivity index (χ0n) is 18.0. The van der Waals surface area contributed by atoms with Crippen molar-refractivity contribution < 1.29 is 28.9 Å². The second-order valence-corrected chi connectivity index (χ2v) is 7.04. The van der Waals surface area contributed by atoms with Crippen LogP contribution < -0.4 is 9.47 Å². The van der Waals surface area contributed by atoms with Crippen LogP contribution >= 0.6 is 0 Å². The number of benzene rings is 2. The van der Waals surface area contributed by atoms with Crippen molar-refractivity contribution in [3.63, 3.8) is 0 Å². The van der Waals surface area contributed by atoms with Crippen LogP contribution in [0, 0.1) is 0 Å². The molecule has 2 aromatic rings. The summed E-state index contributed by atoms with van der Waals surface area (Å²) >= 11 is 0. The smallest absolute Gasteiger partial charge is 0.295 e. The molecule has 0 aromatic heterocycles. The number of amides is 1. The molecule has 1 heterocycles. The van der Waals surface area contributed by atoms with E-state index in [0.29, 0.717) is 48.8 Å². The normalized spacial score (nSPS) is 17.8. The van der Waals surface area contributed by atoms with Crippen LogP contribution in [0.25, 0.3) is 5.76 Å². The molecule has 3 rings (SSSR count). The number of hydrogen-bond acceptors (Lipinski definition) is 6. The van der Waals surface area contributed by atoms with Gasteiger partial charge in [-0.1, -0.05) is 18.2 Å². The van der Waals surface area contributed by atoms with Crippen molar-refractivity contribution >= 4 is 17.4 Å². The van der Waals surface area contributed by atoms with Gasteiger partial charge in [-0.25, -0.2) is 0 Å². The maximum atomic E-state index is 13.0. The molecular formula is C24H27NO6. The average Bonchev–Trinajstić information content (AvgIpc) is 3.04. The van der Waals surface area contributed by atoms with E-state index in [1.807, 2.05) is 19.1 Å². The standard InChI is InChI=1S/C24H27NO6/c1-4-31-17-12-10-16(11-13-17)22(26)20-21(18-8-5-6-9-19(18)30-3)25(14-7-15-29-2)24(28)23(20)27/h5-6,8-13,21,26H,4,7,14-15H2,1-3H3/b22-20+. The highest BCUT2D eigenvalue weighted by Gasteiger charge is 2.46. The van der Waals surface area contributed by atoms with Gasteiger partial charge in [-0.3, -0.25) is 9.59 Å². The van der Waals surface area contributed by atoms with Crippen LogP contribution in [0.5, 0.6) is 11.5 Å². The number of carbonyl (C=O) groups is 2. The molecule has 1 atom stereocenters. The first-order chi connectivity index (χ1) is 15.0. The molecule has 0 bridgehead atoms. The van der Waals surface area contributed by atoms with E-state index >= 15 is 0 Å². The van der Waals surface area contributed by atoms with Gasteiger partial charge in [0.15, 0.2) is 0 Å². The number of nitrogens with zero attached hydrogens (tertiary/aromatic N) is 1. The lowest BCUT2D eigenvalue weighted by atomic mass is 9.94. The van der Waals surface area contributed by atoms with E-state index < -0.39 is 17.7 Å². The molecular weight excluding hydrogens is 398 g/mol. The summed E-state index contributed by atoms with van der Waals surface area (Å²) in [6.07, 6.45) is 0.554. The predicted molar refractivity (Wildman–Crippen MR) is 116 cm³/mol. The van der Waals surface area contributed by atoms with Crippen LogP contribution in [0.4, 0.5) is 0 Å². The van der Waals surface area contributed by atoms with Crippen LogP contribution in [0.1, 0.15) is 30.5 Å². The number of methoxy groups -OCH3 is 2. The van der Waals surface area contributed by atoms with Crippen molar-refractivity contribution in [3.05, 3.63) is 65.2 Å². The second kappa shape index (κ2) is 10.1. The van der Waals surface area contributed by atoms with E-state index in [0.717, 1.165) is 0 Å². The topological polar surface area (TPSA) is 85.3 Å². The summed E-state index contributed by atoms with van der Waals surface area (Å²) in [6.45, 7) is 3.15. The first-order valence-corrected chi connectivity index (χ1v) is 10.2. The van der Waals surface area contributed by atoms with Crippen LogP contribution in [0.3, 0.4) is 0 Å². The Hall–Kier alpha value is -3.32. The van der Waals surface area contributed by atoms with Gasteiger partial charge in [-0.2, -0.15) is 0 Å². The molecule has 1 aliphatic rings. The van der Waals surface area contributed by atoms with Gasteiger partial charge >= 0.3 is 0 Å². The van der Waals surface area contributed by atoms with Crippen LogP contribution in [-0.2, 0) is 14.3 Å². The van der Waals surface area contributed by atoms with Crippen LogP contribution in [0.2, 0.25) is 0 Å². The third-order valence-corrected chi connectivity index (χ3v) is 5.16. The van der Waals surface area contributed by atoms with Crippen molar-refractivity contribution in [2.75, 3.05) is 34.0 Å². The summed E-state index contributed by atoms with van der Waals surface area (Å²) in [4.78, 5) is 27.4. The highest BCUT2D eigenvalue weighted by molar-refractivity contribution is 6.46. The Morgan fingerprint density at radius 1 is 1.06 bits per heavy atom. The largest absolute Gasteiger partial charge is 0.507 e. The third-order valence-electron chi connectivity index (χ3n) is 5.16. The fourth-order valence-corrected chi connectivity index (χ4v) is 3.74. The van der Waals surface area contributed by atoms with Crippen molar-refractivity contribution in [1.82, 2.24) is 4.90 Å². The average molecular weight is 425 g/mol. The first-order valence-electron chi connectivity index (χ1n) is 10.2. The number of aliphatic hydroxyl groups excluding tert-OH is 1. The third kappa shape index (κ3) is 4.56. The second-order valence-electron chi connectivity index (χ2n) is 7.04. The molecule has 164 valence electrons. The van der Waals surface area contributed by atoms with Gasteiger partial charge in [0.25, 0.3) is 11.7 Å². The van der Waals surface area contributed by atoms with Crippen molar-refractivity contribution in [2.24, 2.45) is 0 Å².